The summed E-state index contributed by atoms with van der Waals surface area (Å²) in [5.41, 5.74) is 2.94. The lowest BCUT2D eigenvalue weighted by Gasteiger charge is -2.13. The number of nitrogens with one attached hydrogen (secondary N) is 2. The van der Waals surface area contributed by atoms with Crippen LogP contribution in [0.4, 0.5) is 10.5 Å². The van der Waals surface area contributed by atoms with Crippen molar-refractivity contribution in [3.05, 3.63) is 45.9 Å². The zero-order valence-electron chi connectivity index (χ0n) is 14.1. The number of carbonyl (C=O) groups is 1. The van der Waals surface area contributed by atoms with Crippen LogP contribution < -0.4 is 10.6 Å². The quantitative estimate of drug-likeness (QED) is 0.852. The van der Waals surface area contributed by atoms with E-state index in [2.05, 4.69) is 34.6 Å². The van der Waals surface area contributed by atoms with Crippen LogP contribution in [0.2, 0.25) is 0 Å². The van der Waals surface area contributed by atoms with E-state index in [-0.39, 0.29) is 12.1 Å². The molecular formula is C17H24N4OS. The molecule has 124 valence electrons. The molecule has 2 amide bonds. The topological polar surface area (TPSA) is 57.3 Å². The lowest BCUT2D eigenvalue weighted by atomic mass is 10.1. The monoisotopic (exact) mass is 332 g/mol. The molecular weight excluding hydrogens is 308 g/mol. The van der Waals surface area contributed by atoms with Crippen molar-refractivity contribution in [2.45, 2.75) is 26.3 Å². The number of aromatic nitrogens is 1. The Balaban J connectivity index is 1.85. The number of likely N-dealkylation sites (N-methyl/N-ethyl adjacent to an activating group) is 1. The van der Waals surface area contributed by atoms with Gasteiger partial charge in [0, 0.05) is 17.6 Å². The third kappa shape index (κ3) is 5.65. The highest BCUT2D eigenvalue weighted by Gasteiger charge is 2.12. The molecule has 2 N–H and O–H groups in total. The third-order valence-corrected chi connectivity index (χ3v) is 4.28. The minimum atomic E-state index is -0.218. The molecule has 0 bridgehead atoms. The van der Waals surface area contributed by atoms with E-state index in [1.807, 2.05) is 43.5 Å². The van der Waals surface area contributed by atoms with Gasteiger partial charge in [-0.25, -0.2) is 9.78 Å². The molecule has 0 aliphatic rings. The minimum absolute atomic E-state index is 0.112. The first-order valence-electron chi connectivity index (χ1n) is 7.67. The van der Waals surface area contributed by atoms with Crippen molar-refractivity contribution in [2.75, 3.05) is 26.0 Å². The van der Waals surface area contributed by atoms with E-state index in [9.17, 15) is 4.79 Å². The fourth-order valence-electron chi connectivity index (χ4n) is 2.12. The summed E-state index contributed by atoms with van der Waals surface area (Å²) in [5, 5.41) is 8.73. The summed E-state index contributed by atoms with van der Waals surface area (Å²) in [7, 11) is 4.12. The molecule has 2 rings (SSSR count). The Kier molecular flexibility index (Phi) is 6.12. The maximum atomic E-state index is 12.0. The van der Waals surface area contributed by atoms with Crippen LogP contribution in [-0.2, 0) is 6.42 Å². The van der Waals surface area contributed by atoms with Gasteiger partial charge < -0.3 is 15.5 Å². The Bertz CT molecular complexity index is 636. The number of aryl methyl sites for hydroxylation is 1. The molecule has 0 saturated heterocycles. The van der Waals surface area contributed by atoms with Crippen molar-refractivity contribution in [2.24, 2.45) is 0 Å². The number of anilines is 1. The van der Waals surface area contributed by atoms with E-state index in [0.29, 0.717) is 0 Å². The van der Waals surface area contributed by atoms with Crippen molar-refractivity contribution in [1.29, 1.82) is 0 Å². The molecule has 1 aromatic heterocycles. The first kappa shape index (κ1) is 17.4. The molecule has 2 aromatic rings. The van der Waals surface area contributed by atoms with Gasteiger partial charge in [-0.2, -0.15) is 0 Å². The van der Waals surface area contributed by atoms with Gasteiger partial charge in [-0.15, -0.1) is 11.3 Å². The first-order valence-corrected chi connectivity index (χ1v) is 8.55. The Labute approximate surface area is 141 Å². The molecule has 0 spiro atoms. The van der Waals surface area contributed by atoms with E-state index < -0.39 is 0 Å². The second-order valence-electron chi connectivity index (χ2n) is 5.86. The lowest BCUT2D eigenvalue weighted by molar-refractivity contribution is 0.249. The Morgan fingerprint density at radius 2 is 2.00 bits per heavy atom. The van der Waals surface area contributed by atoms with E-state index in [0.717, 1.165) is 29.4 Å². The number of urea groups is 1. The van der Waals surface area contributed by atoms with E-state index >= 15 is 0 Å². The van der Waals surface area contributed by atoms with Crippen molar-refractivity contribution < 1.29 is 4.79 Å². The molecule has 5 nitrogen and oxygen atoms in total. The van der Waals surface area contributed by atoms with Crippen molar-refractivity contribution >= 4 is 23.1 Å². The molecule has 1 heterocycles. The van der Waals surface area contributed by atoms with Crippen LogP contribution in [0.1, 0.15) is 29.2 Å². The first-order chi connectivity index (χ1) is 10.9. The van der Waals surface area contributed by atoms with Gasteiger partial charge in [0.1, 0.15) is 0 Å². The summed E-state index contributed by atoms with van der Waals surface area (Å²) in [4.78, 5) is 18.6. The van der Waals surface area contributed by atoms with Crippen LogP contribution in [0.25, 0.3) is 0 Å². The van der Waals surface area contributed by atoms with Gasteiger partial charge in [0.05, 0.1) is 16.7 Å². The molecule has 1 atom stereocenters. The number of nitrogens with zero attached hydrogens (tertiary/aromatic N) is 2. The second kappa shape index (κ2) is 8.08. The van der Waals surface area contributed by atoms with Crippen molar-refractivity contribution in [3.8, 4) is 0 Å². The van der Waals surface area contributed by atoms with Gasteiger partial charge in [0.25, 0.3) is 0 Å². The number of hydrogen-bond donors (Lipinski definition) is 2. The number of carbonyl (C=O) groups excluding carboxylic acids is 1. The van der Waals surface area contributed by atoms with Crippen LogP contribution in [0.3, 0.4) is 0 Å². The fourth-order valence-corrected chi connectivity index (χ4v) is 2.83. The summed E-state index contributed by atoms with van der Waals surface area (Å²) in [6, 6.07) is 7.63. The van der Waals surface area contributed by atoms with Crippen LogP contribution in [0, 0.1) is 6.92 Å². The molecule has 6 heteroatoms. The largest absolute Gasteiger partial charge is 0.330 e. The van der Waals surface area contributed by atoms with Gasteiger partial charge in [0.2, 0.25) is 0 Å². The predicted octanol–water partition coefficient (Wildman–Crippen LogP) is 3.44. The maximum absolute atomic E-state index is 12.0. The molecule has 0 unspecified atom stereocenters. The smallest absolute Gasteiger partial charge is 0.319 e. The van der Waals surface area contributed by atoms with Crippen LogP contribution in [0.15, 0.2) is 29.6 Å². The fraction of sp³-hybridized carbons (Fsp3) is 0.412. The Morgan fingerprint density at radius 3 is 2.57 bits per heavy atom. The summed E-state index contributed by atoms with van der Waals surface area (Å²) in [6.45, 7) is 4.90. The summed E-state index contributed by atoms with van der Waals surface area (Å²) < 4.78 is 0. The molecule has 1 aromatic carbocycles. The molecule has 0 fully saturated rings. The van der Waals surface area contributed by atoms with Gasteiger partial charge in [-0.3, -0.25) is 0 Å². The summed E-state index contributed by atoms with van der Waals surface area (Å²) in [5.74, 6) is 0. The number of amides is 2. The van der Waals surface area contributed by atoms with E-state index in [4.69, 9.17) is 0 Å². The zero-order valence-corrected chi connectivity index (χ0v) is 14.9. The minimum Gasteiger partial charge on any atom is -0.330 e. The van der Waals surface area contributed by atoms with E-state index in [1.165, 1.54) is 5.56 Å². The summed E-state index contributed by atoms with van der Waals surface area (Å²) >= 11 is 1.59. The predicted molar refractivity (Wildman–Crippen MR) is 96.1 cm³/mol. The average molecular weight is 332 g/mol. The normalized spacial score (nSPS) is 12.2. The zero-order chi connectivity index (χ0) is 16.8. The standard InChI is InChI=1S/C17H24N4OS/c1-12(16-11-23-13(2)19-16)18-17(22)20-15-7-5-14(6-8-15)9-10-21(3)4/h5-8,11-12H,9-10H2,1-4H3,(H2,18,20,22)/t12-/m1/s1. The van der Waals surface area contributed by atoms with Crippen LogP contribution in [-0.4, -0.2) is 36.6 Å². The van der Waals surface area contributed by atoms with Crippen LogP contribution >= 0.6 is 11.3 Å². The molecule has 0 saturated carbocycles. The Morgan fingerprint density at radius 1 is 1.30 bits per heavy atom. The molecule has 0 aliphatic carbocycles. The molecule has 0 aliphatic heterocycles. The Hall–Kier alpha value is -1.92. The maximum Gasteiger partial charge on any atom is 0.319 e. The highest BCUT2D eigenvalue weighted by Crippen LogP contribution is 2.16. The van der Waals surface area contributed by atoms with Crippen molar-refractivity contribution in [1.82, 2.24) is 15.2 Å². The third-order valence-electron chi connectivity index (χ3n) is 3.49. The highest BCUT2D eigenvalue weighted by atomic mass is 32.1. The van der Waals surface area contributed by atoms with E-state index in [1.54, 1.807) is 11.3 Å². The molecule has 23 heavy (non-hydrogen) atoms. The van der Waals surface area contributed by atoms with Gasteiger partial charge >= 0.3 is 6.03 Å². The van der Waals surface area contributed by atoms with Gasteiger partial charge in [0.15, 0.2) is 0 Å². The number of hydrogen-bond acceptors (Lipinski definition) is 4. The lowest BCUT2D eigenvalue weighted by Crippen LogP contribution is -2.31. The molecule has 0 radical (unpaired) electrons. The number of benzene rings is 1. The number of thiazole rings is 1. The second-order valence-corrected chi connectivity index (χ2v) is 6.92. The van der Waals surface area contributed by atoms with Crippen molar-refractivity contribution in [3.63, 3.8) is 0 Å². The summed E-state index contributed by atoms with van der Waals surface area (Å²) in [6.07, 6.45) is 1.000. The SMILES string of the molecule is Cc1nc([C@@H](C)NC(=O)Nc2ccc(CCN(C)C)cc2)cs1. The van der Waals surface area contributed by atoms with Gasteiger partial charge in [-0.05, 0) is 52.1 Å². The van der Waals surface area contributed by atoms with Crippen LogP contribution in [0.5, 0.6) is 0 Å². The average Bonchev–Trinajstić information content (AvgIpc) is 2.93. The van der Waals surface area contributed by atoms with Gasteiger partial charge in [-0.1, -0.05) is 12.1 Å². The number of rotatable bonds is 6. The highest BCUT2D eigenvalue weighted by molar-refractivity contribution is 7.09.